The fraction of sp³-hybridized carbons (Fsp3) is 0.200. The Kier molecular flexibility index (Phi) is 2.56. The molecule has 0 saturated carbocycles. The minimum atomic E-state index is 0.325. The summed E-state index contributed by atoms with van der Waals surface area (Å²) < 4.78 is 0. The van der Waals surface area contributed by atoms with E-state index < -0.39 is 0 Å². The molecular formula is C15H14ClN. The molecule has 0 aliphatic carbocycles. The number of rotatable bonds is 0. The first-order chi connectivity index (χ1) is 8.24. The summed E-state index contributed by atoms with van der Waals surface area (Å²) in [5, 5.41) is 4.32. The Morgan fingerprint density at radius 2 is 1.94 bits per heavy atom. The van der Waals surface area contributed by atoms with Gasteiger partial charge in [0.1, 0.15) is 0 Å². The Labute approximate surface area is 106 Å². The van der Waals surface area contributed by atoms with Gasteiger partial charge in [-0.1, -0.05) is 41.9 Å². The highest BCUT2D eigenvalue weighted by molar-refractivity contribution is 6.30. The molecule has 1 heterocycles. The molecule has 2 heteroatoms. The van der Waals surface area contributed by atoms with Gasteiger partial charge in [0.25, 0.3) is 0 Å². The number of fused-ring (bicyclic) bond motifs is 2. The maximum absolute atomic E-state index is 6.05. The molecule has 1 aliphatic rings. The third-order valence-corrected chi connectivity index (χ3v) is 3.58. The summed E-state index contributed by atoms with van der Waals surface area (Å²) in [5.41, 5.74) is 5.24. The summed E-state index contributed by atoms with van der Waals surface area (Å²) in [6.07, 6.45) is 0.972. The second-order valence-electron chi connectivity index (χ2n) is 4.54. The average Bonchev–Trinajstić information content (AvgIpc) is 2.46. The lowest BCUT2D eigenvalue weighted by molar-refractivity contribution is 0.881. The van der Waals surface area contributed by atoms with Gasteiger partial charge in [-0.2, -0.15) is 0 Å². The number of anilines is 1. The van der Waals surface area contributed by atoms with Gasteiger partial charge in [0, 0.05) is 16.8 Å². The quantitative estimate of drug-likeness (QED) is 0.722. The van der Waals surface area contributed by atoms with Crippen LogP contribution < -0.4 is 5.32 Å². The highest BCUT2D eigenvalue weighted by Crippen LogP contribution is 2.33. The van der Waals surface area contributed by atoms with Gasteiger partial charge in [-0.15, -0.1) is 0 Å². The minimum absolute atomic E-state index is 0.325. The van der Waals surface area contributed by atoms with E-state index in [0.717, 1.165) is 17.1 Å². The topological polar surface area (TPSA) is 12.0 Å². The van der Waals surface area contributed by atoms with Crippen molar-refractivity contribution >= 4 is 17.3 Å². The largest absolute Gasteiger partial charge is 0.378 e. The summed E-state index contributed by atoms with van der Waals surface area (Å²) in [6, 6.07) is 15.0. The molecule has 1 nitrogen and oxygen atoms in total. The lowest BCUT2D eigenvalue weighted by atomic mass is 9.98. The number of nitrogens with one attached hydrogen (secondary N) is 1. The lowest BCUT2D eigenvalue weighted by Crippen LogP contribution is -2.06. The van der Waals surface area contributed by atoms with Crippen molar-refractivity contribution in [1.29, 1.82) is 0 Å². The first-order valence-electron chi connectivity index (χ1n) is 5.87. The van der Waals surface area contributed by atoms with Gasteiger partial charge >= 0.3 is 0 Å². The third kappa shape index (κ3) is 1.91. The van der Waals surface area contributed by atoms with Gasteiger partial charge in [-0.25, -0.2) is 0 Å². The molecule has 0 bridgehead atoms. The van der Waals surface area contributed by atoms with E-state index in [4.69, 9.17) is 11.6 Å². The van der Waals surface area contributed by atoms with Crippen LogP contribution in [0.4, 0.5) is 5.69 Å². The van der Waals surface area contributed by atoms with Gasteiger partial charge in [-0.3, -0.25) is 0 Å². The molecule has 0 fully saturated rings. The van der Waals surface area contributed by atoms with Gasteiger partial charge in [-0.05, 0) is 42.2 Å². The average molecular weight is 244 g/mol. The molecular weight excluding hydrogens is 230 g/mol. The van der Waals surface area contributed by atoms with E-state index in [1.807, 2.05) is 12.1 Å². The zero-order valence-corrected chi connectivity index (χ0v) is 10.5. The zero-order chi connectivity index (χ0) is 11.8. The Morgan fingerprint density at radius 3 is 2.82 bits per heavy atom. The van der Waals surface area contributed by atoms with Crippen molar-refractivity contribution in [2.24, 2.45) is 0 Å². The van der Waals surface area contributed by atoms with E-state index in [9.17, 15) is 0 Å². The molecule has 1 aliphatic heterocycles. The maximum Gasteiger partial charge on any atom is 0.0488 e. The van der Waals surface area contributed by atoms with Crippen molar-refractivity contribution < 1.29 is 0 Å². The maximum atomic E-state index is 6.05. The Bertz CT molecular complexity index is 563. The van der Waals surface area contributed by atoms with Crippen LogP contribution in [0.2, 0.25) is 5.02 Å². The predicted octanol–water partition coefficient (Wildman–Crippen LogP) is 4.42. The van der Waals surface area contributed by atoms with Crippen LogP contribution in [0.15, 0.2) is 42.5 Å². The highest BCUT2D eigenvalue weighted by Gasteiger charge is 2.17. The highest BCUT2D eigenvalue weighted by atomic mass is 35.5. The van der Waals surface area contributed by atoms with Crippen LogP contribution in [-0.4, -0.2) is 0 Å². The van der Waals surface area contributed by atoms with Crippen molar-refractivity contribution in [2.45, 2.75) is 19.4 Å². The molecule has 0 amide bonds. The molecule has 17 heavy (non-hydrogen) atoms. The molecule has 0 unspecified atom stereocenters. The normalized spacial score (nSPS) is 17.6. The Hall–Kier alpha value is -1.47. The summed E-state index contributed by atoms with van der Waals surface area (Å²) in [5.74, 6) is 0. The Balaban J connectivity index is 2.13. The standard InChI is InChI=1S/C15H14ClN/c1-10-14-5-3-2-4-11(14)8-12-6-7-13(16)9-15(12)17-10/h2-7,9-10,17H,8H2,1H3/t10-/m0/s1. The number of benzene rings is 2. The van der Waals surface area contributed by atoms with Gasteiger partial charge in [0.15, 0.2) is 0 Å². The molecule has 0 saturated heterocycles. The second-order valence-corrected chi connectivity index (χ2v) is 4.98. The van der Waals surface area contributed by atoms with Gasteiger partial charge < -0.3 is 5.32 Å². The summed E-state index contributed by atoms with van der Waals surface area (Å²) in [4.78, 5) is 0. The van der Waals surface area contributed by atoms with Crippen LogP contribution in [0.1, 0.15) is 29.7 Å². The fourth-order valence-electron chi connectivity index (χ4n) is 2.47. The van der Waals surface area contributed by atoms with Gasteiger partial charge in [0.05, 0.1) is 0 Å². The van der Waals surface area contributed by atoms with Crippen LogP contribution in [0.3, 0.4) is 0 Å². The van der Waals surface area contributed by atoms with Crippen LogP contribution in [-0.2, 0) is 6.42 Å². The van der Waals surface area contributed by atoms with Crippen molar-refractivity contribution in [3.8, 4) is 0 Å². The van der Waals surface area contributed by atoms with Crippen molar-refractivity contribution in [2.75, 3.05) is 5.32 Å². The van der Waals surface area contributed by atoms with Crippen LogP contribution in [0, 0.1) is 0 Å². The molecule has 2 aromatic rings. The summed E-state index contributed by atoms with van der Waals surface area (Å²) >= 11 is 6.05. The molecule has 3 rings (SSSR count). The molecule has 0 radical (unpaired) electrons. The first-order valence-corrected chi connectivity index (χ1v) is 6.24. The number of hydrogen-bond donors (Lipinski definition) is 1. The van der Waals surface area contributed by atoms with E-state index >= 15 is 0 Å². The Morgan fingerprint density at radius 1 is 1.12 bits per heavy atom. The van der Waals surface area contributed by atoms with E-state index in [1.165, 1.54) is 16.7 Å². The number of hydrogen-bond acceptors (Lipinski definition) is 1. The molecule has 0 spiro atoms. The molecule has 0 aromatic heterocycles. The fourth-order valence-corrected chi connectivity index (χ4v) is 2.64. The van der Waals surface area contributed by atoms with E-state index in [1.54, 1.807) is 0 Å². The molecule has 1 atom stereocenters. The van der Waals surface area contributed by atoms with E-state index in [-0.39, 0.29) is 0 Å². The monoisotopic (exact) mass is 243 g/mol. The molecule has 1 N–H and O–H groups in total. The predicted molar refractivity (Wildman–Crippen MR) is 72.7 cm³/mol. The SMILES string of the molecule is C[C@@H]1Nc2cc(Cl)ccc2Cc2ccccc21. The van der Waals surface area contributed by atoms with Crippen LogP contribution in [0.25, 0.3) is 0 Å². The lowest BCUT2D eigenvalue weighted by Gasteiger charge is -2.15. The minimum Gasteiger partial charge on any atom is -0.378 e. The van der Waals surface area contributed by atoms with Crippen LogP contribution in [0.5, 0.6) is 0 Å². The van der Waals surface area contributed by atoms with E-state index in [0.29, 0.717) is 6.04 Å². The summed E-state index contributed by atoms with van der Waals surface area (Å²) in [6.45, 7) is 2.19. The first kappa shape index (κ1) is 10.7. The summed E-state index contributed by atoms with van der Waals surface area (Å²) in [7, 11) is 0. The number of halogens is 1. The van der Waals surface area contributed by atoms with E-state index in [2.05, 4.69) is 42.6 Å². The smallest absolute Gasteiger partial charge is 0.0488 e. The second kappa shape index (κ2) is 4.08. The molecule has 86 valence electrons. The molecule has 2 aromatic carbocycles. The van der Waals surface area contributed by atoms with Crippen molar-refractivity contribution in [3.05, 3.63) is 64.2 Å². The van der Waals surface area contributed by atoms with Crippen molar-refractivity contribution in [3.63, 3.8) is 0 Å². The zero-order valence-electron chi connectivity index (χ0n) is 9.70. The van der Waals surface area contributed by atoms with Crippen LogP contribution >= 0.6 is 11.6 Å². The van der Waals surface area contributed by atoms with Crippen molar-refractivity contribution in [1.82, 2.24) is 0 Å². The third-order valence-electron chi connectivity index (χ3n) is 3.35. The van der Waals surface area contributed by atoms with Gasteiger partial charge in [0.2, 0.25) is 0 Å².